The summed E-state index contributed by atoms with van der Waals surface area (Å²) in [7, 11) is 17.4. The van der Waals surface area contributed by atoms with E-state index in [1.54, 1.807) is 0 Å². The van der Waals surface area contributed by atoms with Gasteiger partial charge in [-0.1, -0.05) is 0 Å². The molecule has 5 heteroatoms. The fraction of sp³-hybridized carbons (Fsp3) is 0.293. The minimum atomic E-state index is -5.47. The van der Waals surface area contributed by atoms with Crippen molar-refractivity contribution in [3.8, 4) is 11.1 Å². The van der Waals surface area contributed by atoms with Crippen LogP contribution in [0.15, 0.2) is 97.1 Å². The van der Waals surface area contributed by atoms with Crippen molar-refractivity contribution < 1.29 is 15.9 Å². The maximum absolute atomic E-state index is 8.71. The van der Waals surface area contributed by atoms with Crippen LogP contribution in [-0.2, 0) is 26.7 Å². The second kappa shape index (κ2) is 11.7. The summed E-state index contributed by atoms with van der Waals surface area (Å²) in [6, 6.07) is 25.7. The molecule has 2 aliphatic rings. The number of hydrogen-bond acceptors (Lipinski definition) is 0. The van der Waals surface area contributed by atoms with Gasteiger partial charge in [0.05, 0.1) is 0 Å². The van der Waals surface area contributed by atoms with Crippen molar-refractivity contribution >= 4 is 43.4 Å². The Morgan fingerprint density at radius 1 is 0.587 bits per heavy atom. The van der Waals surface area contributed by atoms with Gasteiger partial charge in [0.1, 0.15) is 0 Å². The Bertz CT molecular complexity index is 1860. The standard InChI is InChI=1S/C23H29.C13H8Cl2.C5H5.2ClH.Zr/c1-14-9-16-11-17-10-15(2)21(23(6,7)8)13-19(17)18(16)12-20(14)22(3,4)5;14-12-5-1-10(2-6-12)9-11-3-7-13(15)8-4-11;1-2-4-5-3-1;;;/h9-13H,1-8H3;1-8H;1-5H;2*1H;/q;;;;;+2/p-2. The predicted molar refractivity (Wildman–Crippen MR) is 200 cm³/mol. The van der Waals surface area contributed by atoms with Gasteiger partial charge in [-0.05, 0) is 0 Å². The zero-order chi connectivity index (χ0) is 33.4. The normalized spacial score (nSPS) is 15.4. The summed E-state index contributed by atoms with van der Waals surface area (Å²) in [5.41, 5.74) is 12.1. The van der Waals surface area contributed by atoms with Crippen molar-refractivity contribution in [1.29, 1.82) is 0 Å². The molecular weight excluding hydrogens is 725 g/mol. The topological polar surface area (TPSA) is 0 Å². The Morgan fingerprint density at radius 2 is 0.957 bits per heavy atom. The van der Waals surface area contributed by atoms with E-state index in [-0.39, 0.29) is 18.1 Å². The van der Waals surface area contributed by atoms with Gasteiger partial charge < -0.3 is 0 Å². The van der Waals surface area contributed by atoms with E-state index in [1.807, 2.05) is 24.3 Å². The zero-order valence-electron chi connectivity index (χ0n) is 27.9. The summed E-state index contributed by atoms with van der Waals surface area (Å²) in [5, 5.41) is 1.34. The van der Waals surface area contributed by atoms with Crippen molar-refractivity contribution in [1.82, 2.24) is 0 Å². The summed E-state index contributed by atoms with van der Waals surface area (Å²) in [6.07, 6.45) is 8.65. The van der Waals surface area contributed by atoms with Crippen LogP contribution in [0.2, 0.25) is 13.7 Å². The quantitative estimate of drug-likeness (QED) is 0.194. The van der Waals surface area contributed by atoms with Crippen molar-refractivity contribution in [2.24, 2.45) is 0 Å². The fourth-order valence-corrected chi connectivity index (χ4v) is 27.6. The van der Waals surface area contributed by atoms with Crippen molar-refractivity contribution in [2.45, 2.75) is 73.5 Å². The average Bonchev–Trinajstić information content (AvgIpc) is 3.61. The molecule has 0 aromatic heterocycles. The Labute approximate surface area is 293 Å². The Kier molecular flexibility index (Phi) is 8.69. The molecule has 0 atom stereocenters. The van der Waals surface area contributed by atoms with E-state index in [2.05, 4.69) is 128 Å². The van der Waals surface area contributed by atoms with E-state index < -0.39 is 15.9 Å². The third-order valence-electron chi connectivity index (χ3n) is 9.95. The molecule has 0 aliphatic heterocycles. The number of hydrogen-bond donors (Lipinski definition) is 0. The van der Waals surface area contributed by atoms with Crippen LogP contribution in [0.1, 0.15) is 89.7 Å². The van der Waals surface area contributed by atoms with E-state index in [9.17, 15) is 0 Å². The van der Waals surface area contributed by atoms with Gasteiger partial charge in [-0.3, -0.25) is 0 Å². The molecule has 0 N–H and O–H groups in total. The summed E-state index contributed by atoms with van der Waals surface area (Å²) in [5.74, 6) is 0. The van der Waals surface area contributed by atoms with Crippen molar-refractivity contribution in [2.75, 3.05) is 0 Å². The SMILES string of the molecule is Cc1cc2c(cc1C(C)(C)C)-c1cc(C(C)(C)C)c(C)cc1[CH]2[Zr]([Cl])([Cl])(=[C](c1ccc(Cl)cc1)c1ccc(Cl)cc1)[CH]1C=CC=C1. The first-order valence-corrected chi connectivity index (χ1v) is 27.2. The van der Waals surface area contributed by atoms with Gasteiger partial charge in [0.25, 0.3) is 0 Å². The molecule has 0 radical (unpaired) electrons. The maximum atomic E-state index is 8.71. The van der Waals surface area contributed by atoms with Crippen LogP contribution >= 0.6 is 40.2 Å². The predicted octanol–water partition coefficient (Wildman–Crippen LogP) is 13.5. The van der Waals surface area contributed by atoms with Gasteiger partial charge in [-0.2, -0.15) is 0 Å². The van der Waals surface area contributed by atoms with Crippen LogP contribution in [0.5, 0.6) is 0 Å². The monoisotopic (exact) mass is 764 g/mol. The van der Waals surface area contributed by atoms with E-state index in [0.717, 1.165) is 14.3 Å². The molecule has 4 aromatic rings. The van der Waals surface area contributed by atoms with Crippen LogP contribution in [-0.4, -0.2) is 3.21 Å². The number of fused-ring (bicyclic) bond motifs is 3. The van der Waals surface area contributed by atoms with Crippen molar-refractivity contribution in [3.05, 3.63) is 152 Å². The number of aryl methyl sites for hydroxylation is 2. The number of benzene rings is 4. The molecule has 2 aliphatic carbocycles. The molecule has 0 heterocycles. The number of allylic oxidation sites excluding steroid dienone is 4. The van der Waals surface area contributed by atoms with Crippen LogP contribution in [0, 0.1) is 13.8 Å². The van der Waals surface area contributed by atoms with Crippen LogP contribution in [0.3, 0.4) is 0 Å². The number of halogens is 4. The van der Waals surface area contributed by atoms with Gasteiger partial charge in [0, 0.05) is 0 Å². The molecular formula is C41H42Cl4Zr. The van der Waals surface area contributed by atoms with E-state index in [0.29, 0.717) is 10.0 Å². The second-order valence-corrected chi connectivity index (χ2v) is 36.9. The first-order chi connectivity index (χ1) is 21.4. The summed E-state index contributed by atoms with van der Waals surface area (Å²) < 4.78 is 0.687. The van der Waals surface area contributed by atoms with E-state index in [1.165, 1.54) is 44.5 Å². The van der Waals surface area contributed by atoms with Gasteiger partial charge >= 0.3 is 296 Å². The van der Waals surface area contributed by atoms with Gasteiger partial charge in [-0.15, -0.1) is 0 Å². The first kappa shape index (κ1) is 34.1. The molecule has 0 spiro atoms. The molecule has 0 saturated heterocycles. The summed E-state index contributed by atoms with van der Waals surface area (Å²) in [6.45, 7) is 18.2. The molecule has 0 unspecified atom stereocenters. The Hall–Kier alpha value is -1.73. The molecule has 6 rings (SSSR count). The van der Waals surface area contributed by atoms with Crippen LogP contribution in [0.25, 0.3) is 11.1 Å². The van der Waals surface area contributed by atoms with Crippen LogP contribution in [0.4, 0.5) is 0 Å². The minimum absolute atomic E-state index is 0.0182. The average molecular weight is 768 g/mol. The third-order valence-corrected chi connectivity index (χ3v) is 30.1. The van der Waals surface area contributed by atoms with E-state index in [4.69, 9.17) is 40.2 Å². The fourth-order valence-electron chi connectivity index (χ4n) is 8.00. The Morgan fingerprint density at radius 3 is 1.30 bits per heavy atom. The van der Waals surface area contributed by atoms with Crippen molar-refractivity contribution in [3.63, 3.8) is 0 Å². The third kappa shape index (κ3) is 5.61. The second-order valence-electron chi connectivity index (χ2n) is 15.3. The van der Waals surface area contributed by atoms with E-state index >= 15 is 0 Å². The first-order valence-electron chi connectivity index (χ1n) is 16.0. The van der Waals surface area contributed by atoms with Crippen LogP contribution < -0.4 is 0 Å². The van der Waals surface area contributed by atoms with Gasteiger partial charge in [-0.25, -0.2) is 0 Å². The molecule has 0 nitrogen and oxygen atoms in total. The molecule has 46 heavy (non-hydrogen) atoms. The summed E-state index contributed by atoms with van der Waals surface area (Å²) >= 11 is 7.45. The van der Waals surface area contributed by atoms with Gasteiger partial charge in [0.15, 0.2) is 0 Å². The molecule has 238 valence electrons. The molecule has 0 saturated carbocycles. The molecule has 0 amide bonds. The Balaban J connectivity index is 1.85. The molecule has 4 aromatic carbocycles. The zero-order valence-corrected chi connectivity index (χ0v) is 33.4. The number of rotatable bonds is 4. The molecule has 0 fully saturated rings. The summed E-state index contributed by atoms with van der Waals surface area (Å²) in [4.78, 5) is 0. The van der Waals surface area contributed by atoms with Gasteiger partial charge in [0.2, 0.25) is 0 Å². The molecule has 0 bridgehead atoms.